The molecule has 1 aliphatic rings. The predicted octanol–water partition coefficient (Wildman–Crippen LogP) is 2.09. The van der Waals surface area contributed by atoms with Crippen molar-refractivity contribution in [2.24, 2.45) is 22.7 Å². The van der Waals surface area contributed by atoms with Crippen molar-refractivity contribution in [2.45, 2.75) is 45.7 Å². The Balaban J connectivity index is 1.94. The smallest absolute Gasteiger partial charge is 0.188 e. The van der Waals surface area contributed by atoms with E-state index in [0.717, 1.165) is 18.0 Å². The predicted molar refractivity (Wildman–Crippen MR) is 79.6 cm³/mol. The number of nitrogens with zero attached hydrogens (tertiary/aromatic N) is 2. The fraction of sp³-hybridized carbons (Fsp3) is 0.600. The minimum Gasteiger partial charge on any atom is -0.409 e. The summed E-state index contributed by atoms with van der Waals surface area (Å²) in [6, 6.07) is 4.39. The number of nitrogens with one attached hydrogen (secondary N) is 1. The van der Waals surface area contributed by atoms with Crippen LogP contribution in [0, 0.1) is 11.8 Å². The van der Waals surface area contributed by atoms with Crippen molar-refractivity contribution in [1.29, 1.82) is 0 Å². The highest BCUT2D eigenvalue weighted by molar-refractivity contribution is 5.95. The van der Waals surface area contributed by atoms with Crippen LogP contribution < -0.4 is 11.1 Å². The van der Waals surface area contributed by atoms with E-state index < -0.39 is 0 Å². The molecule has 1 saturated carbocycles. The van der Waals surface area contributed by atoms with Gasteiger partial charge in [-0.05, 0) is 48.8 Å². The van der Waals surface area contributed by atoms with E-state index in [0.29, 0.717) is 17.7 Å². The molecule has 5 heteroatoms. The number of hydrogen-bond donors (Lipinski definition) is 3. The van der Waals surface area contributed by atoms with Crippen molar-refractivity contribution in [3.63, 3.8) is 0 Å². The van der Waals surface area contributed by atoms with Crippen LogP contribution in [0.5, 0.6) is 0 Å². The van der Waals surface area contributed by atoms with E-state index in [4.69, 9.17) is 10.9 Å². The summed E-state index contributed by atoms with van der Waals surface area (Å²) in [5.74, 6) is 1.60. The Labute approximate surface area is 120 Å². The standard InChI is InChI=1S/C15H24N4O/c1-10-3-4-13(11(2)7-10)18-9-12-5-6-17-14(8-12)15(16)19-20/h5-6,8,10-11,13,18,20H,3-4,7,9H2,1-2H3,(H2,16,19). The normalized spacial score (nSPS) is 27.5. The quantitative estimate of drug-likeness (QED) is 0.340. The van der Waals surface area contributed by atoms with Gasteiger partial charge in [-0.15, -0.1) is 0 Å². The topological polar surface area (TPSA) is 83.5 Å². The Kier molecular flexibility index (Phi) is 4.95. The Hall–Kier alpha value is -1.62. The summed E-state index contributed by atoms with van der Waals surface area (Å²) in [6.07, 6.45) is 5.52. The molecule has 0 bridgehead atoms. The van der Waals surface area contributed by atoms with Gasteiger partial charge in [0.15, 0.2) is 5.84 Å². The number of pyridine rings is 1. The monoisotopic (exact) mass is 276 g/mol. The summed E-state index contributed by atoms with van der Waals surface area (Å²) >= 11 is 0. The Morgan fingerprint density at radius 3 is 3.00 bits per heavy atom. The lowest BCUT2D eigenvalue weighted by atomic mass is 9.80. The van der Waals surface area contributed by atoms with Gasteiger partial charge in [-0.3, -0.25) is 4.98 Å². The van der Waals surface area contributed by atoms with Crippen molar-refractivity contribution < 1.29 is 5.21 Å². The number of hydrogen-bond acceptors (Lipinski definition) is 4. The number of aromatic nitrogens is 1. The maximum absolute atomic E-state index is 8.68. The lowest BCUT2D eigenvalue weighted by Crippen LogP contribution is -2.38. The molecule has 1 fully saturated rings. The Bertz CT molecular complexity index is 475. The van der Waals surface area contributed by atoms with Gasteiger partial charge in [0.1, 0.15) is 5.69 Å². The zero-order valence-electron chi connectivity index (χ0n) is 12.2. The minimum absolute atomic E-state index is 0.0479. The molecule has 0 amide bonds. The third kappa shape index (κ3) is 3.70. The van der Waals surface area contributed by atoms with Crippen LogP contribution in [0.1, 0.15) is 44.4 Å². The molecule has 0 spiro atoms. The molecule has 0 saturated heterocycles. The lowest BCUT2D eigenvalue weighted by molar-refractivity contribution is 0.227. The summed E-state index contributed by atoms with van der Waals surface area (Å²) in [4.78, 5) is 4.09. The Morgan fingerprint density at radius 1 is 1.50 bits per heavy atom. The lowest BCUT2D eigenvalue weighted by Gasteiger charge is -2.33. The molecule has 3 atom stereocenters. The number of oxime groups is 1. The van der Waals surface area contributed by atoms with E-state index >= 15 is 0 Å². The van der Waals surface area contributed by atoms with Gasteiger partial charge >= 0.3 is 0 Å². The molecular weight excluding hydrogens is 252 g/mol. The van der Waals surface area contributed by atoms with Crippen LogP contribution in [0.15, 0.2) is 23.5 Å². The SMILES string of the molecule is CC1CCC(NCc2ccnc(C(N)=NO)c2)C(C)C1. The van der Waals surface area contributed by atoms with Gasteiger partial charge in [-0.1, -0.05) is 19.0 Å². The first-order valence-corrected chi connectivity index (χ1v) is 7.26. The average molecular weight is 276 g/mol. The molecular formula is C15H24N4O. The highest BCUT2D eigenvalue weighted by Gasteiger charge is 2.24. The van der Waals surface area contributed by atoms with Gasteiger partial charge < -0.3 is 16.3 Å². The maximum Gasteiger partial charge on any atom is 0.188 e. The number of rotatable bonds is 4. The zero-order chi connectivity index (χ0) is 14.5. The first-order valence-electron chi connectivity index (χ1n) is 7.26. The molecule has 0 aromatic carbocycles. The second kappa shape index (κ2) is 6.70. The van der Waals surface area contributed by atoms with Gasteiger partial charge in [-0.25, -0.2) is 0 Å². The summed E-state index contributed by atoms with van der Waals surface area (Å²) < 4.78 is 0. The van der Waals surface area contributed by atoms with E-state index in [1.165, 1.54) is 19.3 Å². The highest BCUT2D eigenvalue weighted by atomic mass is 16.4. The molecule has 1 aromatic rings. The summed E-state index contributed by atoms with van der Waals surface area (Å²) in [5, 5.41) is 15.3. The third-order valence-electron chi connectivity index (χ3n) is 4.19. The largest absolute Gasteiger partial charge is 0.409 e. The van der Waals surface area contributed by atoms with Gasteiger partial charge in [0.25, 0.3) is 0 Å². The molecule has 20 heavy (non-hydrogen) atoms. The number of amidine groups is 1. The average Bonchev–Trinajstić information content (AvgIpc) is 2.46. The third-order valence-corrected chi connectivity index (χ3v) is 4.19. The van der Waals surface area contributed by atoms with Crippen LogP contribution in [-0.4, -0.2) is 22.1 Å². The van der Waals surface area contributed by atoms with Gasteiger partial charge in [-0.2, -0.15) is 0 Å². The van der Waals surface area contributed by atoms with Crippen LogP contribution in [-0.2, 0) is 6.54 Å². The van der Waals surface area contributed by atoms with Gasteiger partial charge in [0.2, 0.25) is 0 Å². The second-order valence-electron chi connectivity index (χ2n) is 5.92. The zero-order valence-corrected chi connectivity index (χ0v) is 12.2. The van der Waals surface area contributed by atoms with Gasteiger partial charge in [0, 0.05) is 18.8 Å². The fourth-order valence-electron chi connectivity index (χ4n) is 2.99. The second-order valence-corrected chi connectivity index (χ2v) is 5.92. The molecule has 1 heterocycles. The molecule has 2 rings (SSSR count). The molecule has 1 aliphatic carbocycles. The van der Waals surface area contributed by atoms with Crippen molar-refractivity contribution in [1.82, 2.24) is 10.3 Å². The Morgan fingerprint density at radius 2 is 2.30 bits per heavy atom. The van der Waals surface area contributed by atoms with Crippen molar-refractivity contribution in [3.05, 3.63) is 29.6 Å². The molecule has 0 aliphatic heterocycles. The van der Waals surface area contributed by atoms with E-state index in [2.05, 4.69) is 29.3 Å². The van der Waals surface area contributed by atoms with Crippen LogP contribution in [0.3, 0.4) is 0 Å². The van der Waals surface area contributed by atoms with E-state index in [1.807, 2.05) is 12.1 Å². The van der Waals surface area contributed by atoms with Crippen LogP contribution in [0.25, 0.3) is 0 Å². The van der Waals surface area contributed by atoms with Crippen LogP contribution in [0.2, 0.25) is 0 Å². The molecule has 5 nitrogen and oxygen atoms in total. The van der Waals surface area contributed by atoms with Crippen LogP contribution in [0.4, 0.5) is 0 Å². The highest BCUT2D eigenvalue weighted by Crippen LogP contribution is 2.28. The van der Waals surface area contributed by atoms with Crippen LogP contribution >= 0.6 is 0 Å². The molecule has 4 N–H and O–H groups in total. The maximum atomic E-state index is 8.68. The number of nitrogens with two attached hydrogens (primary N) is 1. The molecule has 1 aromatic heterocycles. The van der Waals surface area contributed by atoms with E-state index in [9.17, 15) is 0 Å². The van der Waals surface area contributed by atoms with Gasteiger partial charge in [0.05, 0.1) is 0 Å². The van der Waals surface area contributed by atoms with E-state index in [-0.39, 0.29) is 5.84 Å². The van der Waals surface area contributed by atoms with Crippen molar-refractivity contribution in [2.75, 3.05) is 0 Å². The van der Waals surface area contributed by atoms with E-state index in [1.54, 1.807) is 6.20 Å². The summed E-state index contributed by atoms with van der Waals surface area (Å²) in [7, 11) is 0. The molecule has 110 valence electrons. The summed E-state index contributed by atoms with van der Waals surface area (Å²) in [5.41, 5.74) is 7.17. The van der Waals surface area contributed by atoms with Crippen molar-refractivity contribution >= 4 is 5.84 Å². The first kappa shape index (κ1) is 14.8. The minimum atomic E-state index is 0.0479. The fourth-order valence-corrected chi connectivity index (χ4v) is 2.99. The molecule has 0 radical (unpaired) electrons. The van der Waals surface area contributed by atoms with Crippen molar-refractivity contribution in [3.8, 4) is 0 Å². The summed E-state index contributed by atoms with van der Waals surface area (Å²) in [6.45, 7) is 5.44. The first-order chi connectivity index (χ1) is 9.60. The molecule has 3 unspecified atom stereocenters.